The molecule has 2 atom stereocenters. The Morgan fingerprint density at radius 1 is 1.25 bits per heavy atom. The summed E-state index contributed by atoms with van der Waals surface area (Å²) in [4.78, 5) is 30.4. The number of nitrogens with one attached hydrogen (secondary N) is 2. The maximum absolute atomic E-state index is 12.8. The highest BCUT2D eigenvalue weighted by Gasteiger charge is 2.30. The Morgan fingerprint density at radius 2 is 2.07 bits per heavy atom. The molecular weight excluding hydrogens is 414 g/mol. The first kappa shape index (κ1) is 19.0. The highest BCUT2D eigenvalue weighted by Crippen LogP contribution is 2.38. The molecule has 0 unspecified atom stereocenters. The van der Waals surface area contributed by atoms with Crippen LogP contribution in [-0.2, 0) is 9.59 Å². The van der Waals surface area contributed by atoms with Crippen LogP contribution in [-0.4, -0.2) is 22.0 Å². The molecule has 1 aromatic heterocycles. The molecule has 8 heteroatoms. The quantitative estimate of drug-likeness (QED) is 0.626. The van der Waals surface area contributed by atoms with Gasteiger partial charge in [-0.15, -0.1) is 23.1 Å². The summed E-state index contributed by atoms with van der Waals surface area (Å²) in [6, 6.07) is 14.7. The largest absolute Gasteiger partial charge is 0.343 e. The van der Waals surface area contributed by atoms with E-state index in [1.54, 1.807) is 18.3 Å². The molecule has 0 bridgehead atoms. The predicted octanol–water partition coefficient (Wildman–Crippen LogP) is 4.51. The van der Waals surface area contributed by atoms with Gasteiger partial charge in [0.15, 0.2) is 0 Å². The van der Waals surface area contributed by atoms with E-state index >= 15 is 0 Å². The van der Waals surface area contributed by atoms with Gasteiger partial charge in [-0.05, 0) is 23.8 Å². The molecule has 3 aromatic rings. The Kier molecular flexibility index (Phi) is 5.66. The van der Waals surface area contributed by atoms with Gasteiger partial charge in [0, 0.05) is 27.9 Å². The van der Waals surface area contributed by atoms with Crippen LogP contribution in [0.1, 0.15) is 23.0 Å². The van der Waals surface area contributed by atoms with Crippen molar-refractivity contribution in [1.29, 1.82) is 0 Å². The van der Waals surface area contributed by atoms with Gasteiger partial charge in [-0.1, -0.05) is 41.9 Å². The SMILES string of the molecule is O=C(C[C@H]1Sc2ccc(Cl)cc2NC1=O)N[C@@H](c1ccccc1)c1nccs1. The molecule has 0 saturated carbocycles. The highest BCUT2D eigenvalue weighted by molar-refractivity contribution is 8.01. The number of halogens is 1. The van der Waals surface area contributed by atoms with E-state index in [9.17, 15) is 9.59 Å². The monoisotopic (exact) mass is 429 g/mol. The summed E-state index contributed by atoms with van der Waals surface area (Å²) in [5.41, 5.74) is 1.63. The number of nitrogens with zero attached hydrogens (tertiary/aromatic N) is 1. The predicted molar refractivity (Wildman–Crippen MR) is 113 cm³/mol. The molecular formula is C20H16ClN3O2S2. The van der Waals surface area contributed by atoms with Gasteiger partial charge in [0.2, 0.25) is 11.8 Å². The van der Waals surface area contributed by atoms with E-state index in [2.05, 4.69) is 15.6 Å². The molecule has 1 aliphatic heterocycles. The number of hydrogen-bond donors (Lipinski definition) is 2. The second-order valence-electron chi connectivity index (χ2n) is 6.22. The molecule has 1 aliphatic rings. The lowest BCUT2D eigenvalue weighted by Crippen LogP contribution is -2.36. The van der Waals surface area contributed by atoms with Crippen molar-refractivity contribution >= 4 is 52.2 Å². The Balaban J connectivity index is 1.48. The van der Waals surface area contributed by atoms with Crippen LogP contribution in [0.5, 0.6) is 0 Å². The van der Waals surface area contributed by atoms with Crippen molar-refractivity contribution in [3.63, 3.8) is 0 Å². The van der Waals surface area contributed by atoms with Crippen LogP contribution in [0.15, 0.2) is 65.0 Å². The zero-order valence-corrected chi connectivity index (χ0v) is 17.0. The van der Waals surface area contributed by atoms with E-state index < -0.39 is 5.25 Å². The lowest BCUT2D eigenvalue weighted by atomic mass is 10.1. The normalized spacial score (nSPS) is 16.8. The minimum atomic E-state index is -0.499. The number of hydrogen-bond acceptors (Lipinski definition) is 5. The van der Waals surface area contributed by atoms with Crippen molar-refractivity contribution in [2.45, 2.75) is 22.6 Å². The van der Waals surface area contributed by atoms with Crippen LogP contribution in [0, 0.1) is 0 Å². The van der Waals surface area contributed by atoms with Crippen LogP contribution in [0.4, 0.5) is 5.69 Å². The number of fused-ring (bicyclic) bond motifs is 1. The number of anilines is 1. The molecule has 2 heterocycles. The minimum Gasteiger partial charge on any atom is -0.343 e. The minimum absolute atomic E-state index is 0.0767. The van der Waals surface area contributed by atoms with Crippen LogP contribution in [0.2, 0.25) is 5.02 Å². The van der Waals surface area contributed by atoms with E-state index in [-0.39, 0.29) is 24.3 Å². The van der Waals surface area contributed by atoms with Gasteiger partial charge in [0.25, 0.3) is 0 Å². The standard InChI is InChI=1S/C20H16ClN3O2S2/c21-13-6-7-15-14(10-13)23-19(26)16(28-15)11-17(25)24-18(20-22-8-9-27-20)12-4-2-1-3-5-12/h1-10,16,18H,11H2,(H,23,26)(H,24,25)/t16-,18+/m1/s1. The van der Waals surface area contributed by atoms with Crippen molar-refractivity contribution in [3.05, 3.63) is 75.7 Å². The molecule has 0 aliphatic carbocycles. The molecule has 5 nitrogen and oxygen atoms in total. The molecule has 4 rings (SSSR count). The first-order valence-corrected chi connectivity index (χ1v) is 10.7. The third kappa shape index (κ3) is 4.22. The van der Waals surface area contributed by atoms with Gasteiger partial charge < -0.3 is 10.6 Å². The van der Waals surface area contributed by atoms with E-state index in [1.165, 1.54) is 23.1 Å². The number of thioether (sulfide) groups is 1. The molecule has 0 saturated heterocycles. The molecule has 2 aromatic carbocycles. The fraction of sp³-hybridized carbons (Fsp3) is 0.150. The summed E-state index contributed by atoms with van der Waals surface area (Å²) >= 11 is 8.84. The number of rotatable bonds is 5. The van der Waals surface area contributed by atoms with Gasteiger partial charge in [0.05, 0.1) is 10.9 Å². The molecule has 0 spiro atoms. The molecule has 2 amide bonds. The van der Waals surface area contributed by atoms with Crippen LogP contribution in [0.3, 0.4) is 0 Å². The maximum Gasteiger partial charge on any atom is 0.238 e. The fourth-order valence-corrected chi connectivity index (χ4v) is 4.93. The van der Waals surface area contributed by atoms with E-state index in [0.717, 1.165) is 15.5 Å². The van der Waals surface area contributed by atoms with Crippen LogP contribution < -0.4 is 10.6 Å². The molecule has 2 N–H and O–H groups in total. The van der Waals surface area contributed by atoms with Gasteiger partial charge in [-0.3, -0.25) is 9.59 Å². The Labute approximate surface area is 175 Å². The lowest BCUT2D eigenvalue weighted by Gasteiger charge is -2.25. The van der Waals surface area contributed by atoms with Crippen LogP contribution >= 0.6 is 34.7 Å². The second kappa shape index (κ2) is 8.34. The summed E-state index contributed by atoms with van der Waals surface area (Å²) in [5, 5.41) is 8.61. The smallest absolute Gasteiger partial charge is 0.238 e. The summed E-state index contributed by atoms with van der Waals surface area (Å²) < 4.78 is 0. The number of thiazole rings is 1. The number of carbonyl (C=O) groups excluding carboxylic acids is 2. The van der Waals surface area contributed by atoms with Crippen molar-refractivity contribution in [1.82, 2.24) is 10.3 Å². The fourth-order valence-electron chi connectivity index (χ4n) is 2.96. The maximum atomic E-state index is 12.8. The molecule has 28 heavy (non-hydrogen) atoms. The third-order valence-corrected chi connectivity index (χ3v) is 6.62. The number of amides is 2. The van der Waals surface area contributed by atoms with Crippen molar-refractivity contribution in [2.75, 3.05) is 5.32 Å². The zero-order valence-electron chi connectivity index (χ0n) is 14.6. The van der Waals surface area contributed by atoms with Gasteiger partial charge in [0.1, 0.15) is 11.0 Å². The molecule has 142 valence electrons. The van der Waals surface area contributed by atoms with Gasteiger partial charge in [-0.2, -0.15) is 0 Å². The Bertz CT molecular complexity index is 996. The molecule has 0 fully saturated rings. The summed E-state index contributed by atoms with van der Waals surface area (Å²) in [7, 11) is 0. The third-order valence-electron chi connectivity index (χ3n) is 4.27. The number of aromatic nitrogens is 1. The summed E-state index contributed by atoms with van der Waals surface area (Å²) in [6.45, 7) is 0. The van der Waals surface area contributed by atoms with E-state index in [0.29, 0.717) is 10.7 Å². The Hall–Kier alpha value is -2.35. The number of benzene rings is 2. The van der Waals surface area contributed by atoms with Crippen molar-refractivity contribution in [2.24, 2.45) is 0 Å². The second-order valence-corrected chi connectivity index (χ2v) is 8.83. The first-order chi connectivity index (χ1) is 13.6. The van der Waals surface area contributed by atoms with Crippen molar-refractivity contribution < 1.29 is 9.59 Å². The topological polar surface area (TPSA) is 71.1 Å². The zero-order chi connectivity index (χ0) is 19.5. The van der Waals surface area contributed by atoms with E-state index in [1.807, 2.05) is 41.8 Å². The average Bonchev–Trinajstić information content (AvgIpc) is 3.22. The average molecular weight is 430 g/mol. The first-order valence-electron chi connectivity index (χ1n) is 8.61. The lowest BCUT2D eigenvalue weighted by molar-refractivity contribution is -0.124. The van der Waals surface area contributed by atoms with Gasteiger partial charge >= 0.3 is 0 Å². The number of carbonyl (C=O) groups is 2. The van der Waals surface area contributed by atoms with E-state index in [4.69, 9.17) is 11.6 Å². The summed E-state index contributed by atoms with van der Waals surface area (Å²) in [5.74, 6) is -0.394. The summed E-state index contributed by atoms with van der Waals surface area (Å²) in [6.07, 6.45) is 1.79. The highest BCUT2D eigenvalue weighted by atomic mass is 35.5. The van der Waals surface area contributed by atoms with Gasteiger partial charge in [-0.25, -0.2) is 4.98 Å². The van der Waals surface area contributed by atoms with Crippen LogP contribution in [0.25, 0.3) is 0 Å². The Morgan fingerprint density at radius 3 is 2.82 bits per heavy atom. The molecule has 0 radical (unpaired) electrons. The van der Waals surface area contributed by atoms with Crippen molar-refractivity contribution in [3.8, 4) is 0 Å².